The Hall–Kier alpha value is -0.380. The lowest BCUT2D eigenvalue weighted by Crippen LogP contribution is -2.32. The number of aliphatic hydroxyl groups is 1. The zero-order valence-corrected chi connectivity index (χ0v) is 10.1. The van der Waals surface area contributed by atoms with Gasteiger partial charge in [0, 0.05) is 24.5 Å². The Morgan fingerprint density at radius 3 is 3.27 bits per heavy atom. The molecule has 1 atom stereocenters. The molecule has 84 valence electrons. The topological polar surface area (TPSA) is 23.5 Å². The summed E-state index contributed by atoms with van der Waals surface area (Å²) in [5, 5.41) is 11.7. The van der Waals surface area contributed by atoms with E-state index in [0.717, 1.165) is 32.5 Å². The minimum absolute atomic E-state index is 0.117. The summed E-state index contributed by atoms with van der Waals surface area (Å²) in [4.78, 5) is 4.01. The third kappa shape index (κ3) is 2.80. The van der Waals surface area contributed by atoms with Crippen LogP contribution in [-0.4, -0.2) is 29.2 Å². The minimum atomic E-state index is -0.117. The zero-order chi connectivity index (χ0) is 10.7. The van der Waals surface area contributed by atoms with Crippen LogP contribution in [0.4, 0.5) is 0 Å². The van der Waals surface area contributed by atoms with Crippen LogP contribution in [0.25, 0.3) is 0 Å². The van der Waals surface area contributed by atoms with Crippen molar-refractivity contribution >= 4 is 11.3 Å². The Bertz CT molecular complexity index is 310. The Balaban J connectivity index is 1.82. The van der Waals surface area contributed by atoms with Crippen LogP contribution < -0.4 is 0 Å². The Labute approximate surface area is 95.5 Å². The number of fused-ring (bicyclic) bond motifs is 1. The molecule has 2 nitrogen and oxygen atoms in total. The van der Waals surface area contributed by atoms with Gasteiger partial charge in [-0.05, 0) is 36.3 Å². The minimum Gasteiger partial charge on any atom is -0.393 e. The molecule has 0 aromatic carbocycles. The van der Waals surface area contributed by atoms with E-state index >= 15 is 0 Å². The van der Waals surface area contributed by atoms with Gasteiger partial charge in [-0.25, -0.2) is 0 Å². The van der Waals surface area contributed by atoms with Crippen molar-refractivity contribution in [3.05, 3.63) is 21.9 Å². The number of nitrogens with zero attached hydrogens (tertiary/aromatic N) is 1. The molecule has 1 aromatic heterocycles. The van der Waals surface area contributed by atoms with Gasteiger partial charge in [-0.15, -0.1) is 11.3 Å². The molecule has 0 saturated heterocycles. The molecule has 0 saturated carbocycles. The monoisotopic (exact) mass is 225 g/mol. The predicted molar refractivity (Wildman–Crippen MR) is 64.2 cm³/mol. The third-order valence-electron chi connectivity index (χ3n) is 3.14. The fourth-order valence-corrected chi connectivity index (χ4v) is 2.92. The van der Waals surface area contributed by atoms with Crippen molar-refractivity contribution < 1.29 is 5.11 Å². The highest BCUT2D eigenvalue weighted by atomic mass is 32.1. The molecule has 1 aromatic rings. The van der Waals surface area contributed by atoms with Gasteiger partial charge in [-0.2, -0.15) is 0 Å². The summed E-state index contributed by atoms with van der Waals surface area (Å²) in [6.45, 7) is 5.31. The fraction of sp³-hybridized carbons (Fsp3) is 0.667. The van der Waals surface area contributed by atoms with Gasteiger partial charge in [-0.3, -0.25) is 4.90 Å². The highest BCUT2D eigenvalue weighted by Gasteiger charge is 2.17. The molecule has 1 unspecified atom stereocenters. The van der Waals surface area contributed by atoms with E-state index in [9.17, 15) is 5.11 Å². The summed E-state index contributed by atoms with van der Waals surface area (Å²) >= 11 is 1.88. The molecule has 3 heteroatoms. The summed E-state index contributed by atoms with van der Waals surface area (Å²) in [5.41, 5.74) is 1.50. The maximum Gasteiger partial charge on any atom is 0.0549 e. The smallest absolute Gasteiger partial charge is 0.0549 e. The van der Waals surface area contributed by atoms with Crippen LogP contribution in [0.5, 0.6) is 0 Å². The van der Waals surface area contributed by atoms with Gasteiger partial charge in [0.25, 0.3) is 0 Å². The Kier molecular flexibility index (Phi) is 3.78. The fourth-order valence-electron chi connectivity index (χ4n) is 2.03. The largest absolute Gasteiger partial charge is 0.393 e. The molecule has 0 fully saturated rings. The van der Waals surface area contributed by atoms with Crippen LogP contribution in [-0.2, 0) is 13.0 Å². The first kappa shape index (κ1) is 11.1. The van der Waals surface area contributed by atoms with Crippen LogP contribution in [0.1, 0.15) is 30.2 Å². The van der Waals surface area contributed by atoms with Crippen LogP contribution >= 0.6 is 11.3 Å². The lowest BCUT2D eigenvalue weighted by atomic mass is 10.1. The second-order valence-corrected chi connectivity index (χ2v) is 5.25. The van der Waals surface area contributed by atoms with E-state index in [0.29, 0.717) is 0 Å². The Morgan fingerprint density at radius 1 is 1.60 bits per heavy atom. The van der Waals surface area contributed by atoms with Crippen molar-refractivity contribution in [2.45, 2.75) is 38.8 Å². The molecule has 2 rings (SSSR count). The second kappa shape index (κ2) is 5.10. The van der Waals surface area contributed by atoms with Gasteiger partial charge in [0.1, 0.15) is 0 Å². The summed E-state index contributed by atoms with van der Waals surface area (Å²) in [6.07, 6.45) is 2.86. The summed E-state index contributed by atoms with van der Waals surface area (Å²) in [6, 6.07) is 2.24. The average Bonchev–Trinajstić information content (AvgIpc) is 2.72. The van der Waals surface area contributed by atoms with Gasteiger partial charge in [-0.1, -0.05) is 6.92 Å². The molecule has 1 N–H and O–H groups in total. The van der Waals surface area contributed by atoms with Gasteiger partial charge in [0.15, 0.2) is 0 Å². The molecule has 0 radical (unpaired) electrons. The molecule has 15 heavy (non-hydrogen) atoms. The first-order chi connectivity index (χ1) is 7.29. The Morgan fingerprint density at radius 2 is 2.47 bits per heavy atom. The molecule has 0 spiro atoms. The predicted octanol–water partition coefficient (Wildman–Crippen LogP) is 2.27. The standard InChI is InChI=1S/C12H19NOS/c1-2-11(14)3-6-13-7-4-12-10(9-13)5-8-15-12/h5,8,11,14H,2-4,6-7,9H2,1H3. The van der Waals surface area contributed by atoms with E-state index in [1.54, 1.807) is 4.88 Å². The molecular weight excluding hydrogens is 206 g/mol. The maximum absolute atomic E-state index is 9.52. The van der Waals surface area contributed by atoms with E-state index in [4.69, 9.17) is 0 Å². The normalized spacial score (nSPS) is 18.8. The number of hydrogen-bond acceptors (Lipinski definition) is 3. The molecular formula is C12H19NOS. The lowest BCUT2D eigenvalue weighted by Gasteiger charge is -2.27. The first-order valence-corrected chi connectivity index (χ1v) is 6.63. The van der Waals surface area contributed by atoms with Crippen molar-refractivity contribution in [2.24, 2.45) is 0 Å². The molecule has 1 aliphatic rings. The SMILES string of the molecule is CCC(O)CCN1CCc2sccc2C1. The van der Waals surface area contributed by atoms with Crippen molar-refractivity contribution in [2.75, 3.05) is 13.1 Å². The molecule has 2 heterocycles. The van der Waals surface area contributed by atoms with E-state index in [1.807, 2.05) is 18.3 Å². The molecule has 0 bridgehead atoms. The summed E-state index contributed by atoms with van der Waals surface area (Å²) in [5.74, 6) is 0. The summed E-state index contributed by atoms with van der Waals surface area (Å²) < 4.78 is 0. The van der Waals surface area contributed by atoms with Crippen molar-refractivity contribution in [1.82, 2.24) is 4.90 Å². The molecule has 1 aliphatic heterocycles. The maximum atomic E-state index is 9.52. The number of rotatable bonds is 4. The van der Waals surface area contributed by atoms with Crippen LogP contribution in [0.3, 0.4) is 0 Å². The van der Waals surface area contributed by atoms with Crippen molar-refractivity contribution in [3.8, 4) is 0 Å². The van der Waals surface area contributed by atoms with Crippen molar-refractivity contribution in [1.29, 1.82) is 0 Å². The summed E-state index contributed by atoms with van der Waals surface area (Å²) in [7, 11) is 0. The van der Waals surface area contributed by atoms with E-state index in [2.05, 4.69) is 16.3 Å². The zero-order valence-electron chi connectivity index (χ0n) is 9.28. The highest BCUT2D eigenvalue weighted by Crippen LogP contribution is 2.24. The van der Waals surface area contributed by atoms with Gasteiger partial charge in [0.05, 0.1) is 6.10 Å². The number of aliphatic hydroxyl groups excluding tert-OH is 1. The quantitative estimate of drug-likeness (QED) is 0.849. The van der Waals surface area contributed by atoms with Crippen LogP contribution in [0, 0.1) is 0 Å². The van der Waals surface area contributed by atoms with E-state index in [1.165, 1.54) is 12.0 Å². The van der Waals surface area contributed by atoms with E-state index in [-0.39, 0.29) is 6.10 Å². The number of hydrogen-bond donors (Lipinski definition) is 1. The first-order valence-electron chi connectivity index (χ1n) is 5.75. The van der Waals surface area contributed by atoms with Crippen LogP contribution in [0.15, 0.2) is 11.4 Å². The van der Waals surface area contributed by atoms with Crippen molar-refractivity contribution in [3.63, 3.8) is 0 Å². The lowest BCUT2D eigenvalue weighted by molar-refractivity contribution is 0.133. The number of thiophene rings is 1. The van der Waals surface area contributed by atoms with Gasteiger partial charge < -0.3 is 5.11 Å². The third-order valence-corrected chi connectivity index (χ3v) is 4.16. The highest BCUT2D eigenvalue weighted by molar-refractivity contribution is 7.10. The second-order valence-electron chi connectivity index (χ2n) is 4.25. The average molecular weight is 225 g/mol. The van der Waals surface area contributed by atoms with Crippen LogP contribution in [0.2, 0.25) is 0 Å². The van der Waals surface area contributed by atoms with E-state index < -0.39 is 0 Å². The van der Waals surface area contributed by atoms with Gasteiger partial charge >= 0.3 is 0 Å². The molecule has 0 amide bonds. The molecule has 0 aliphatic carbocycles. The van der Waals surface area contributed by atoms with Gasteiger partial charge in [0.2, 0.25) is 0 Å².